The van der Waals surface area contributed by atoms with Crippen LogP contribution in [0.15, 0.2) is 0 Å². The summed E-state index contributed by atoms with van der Waals surface area (Å²) in [4.78, 5) is 10.4. The van der Waals surface area contributed by atoms with E-state index in [0.29, 0.717) is 52.9 Å². The lowest BCUT2D eigenvalue weighted by molar-refractivity contribution is -0.0718. The van der Waals surface area contributed by atoms with Gasteiger partial charge in [-0.1, -0.05) is 13.8 Å². The fraction of sp³-hybridized carbons (Fsp3) is 1.00. The van der Waals surface area contributed by atoms with Crippen LogP contribution in [0.1, 0.15) is 13.8 Å². The fourth-order valence-corrected chi connectivity index (χ4v) is 3.38. The average molecular weight is 354 g/mol. The molecule has 0 aliphatic carbocycles. The van der Waals surface area contributed by atoms with Gasteiger partial charge in [-0.15, -0.1) is 0 Å². The van der Waals surface area contributed by atoms with Crippen molar-refractivity contribution >= 4 is 8.80 Å². The summed E-state index contributed by atoms with van der Waals surface area (Å²) in [6.07, 6.45) is -0.205. The molecule has 0 amide bonds. The normalized spacial score (nSPS) is 27.8. The second kappa shape index (κ2) is 12.3. The van der Waals surface area contributed by atoms with Gasteiger partial charge in [-0.2, -0.15) is 0 Å². The van der Waals surface area contributed by atoms with E-state index in [1.165, 1.54) is 0 Å². The molecule has 0 aromatic rings. The Kier molecular flexibility index (Phi) is 11.2. The number of aliphatic hydroxyl groups excluding tert-OH is 1. The topological polar surface area (TPSA) is 95.8 Å². The third kappa shape index (κ3) is 9.08. The second-order valence-corrected chi connectivity index (χ2v) is 8.45. The van der Waals surface area contributed by atoms with E-state index in [9.17, 15) is 4.80 Å². The molecule has 8 nitrogen and oxygen atoms in total. The molecule has 0 bridgehead atoms. The van der Waals surface area contributed by atoms with Gasteiger partial charge in [-0.05, 0) is 0 Å². The van der Waals surface area contributed by atoms with E-state index in [-0.39, 0.29) is 24.9 Å². The van der Waals surface area contributed by atoms with Crippen molar-refractivity contribution in [1.29, 1.82) is 0 Å². The Bertz CT molecular complexity index is 294. The SMILES string of the molecule is CC(C)[Si]1(O)OCCOCC(COCCOCCO)OCCO1. The Morgan fingerprint density at radius 1 is 1.04 bits per heavy atom. The molecule has 1 aliphatic heterocycles. The van der Waals surface area contributed by atoms with Crippen LogP contribution in [-0.2, 0) is 27.8 Å². The first-order chi connectivity index (χ1) is 11.1. The van der Waals surface area contributed by atoms with Gasteiger partial charge in [0.05, 0.1) is 66.1 Å². The molecule has 1 fully saturated rings. The third-order valence-corrected chi connectivity index (χ3v) is 5.92. The Labute approximate surface area is 138 Å². The molecule has 0 aromatic carbocycles. The van der Waals surface area contributed by atoms with E-state index < -0.39 is 8.80 Å². The lowest BCUT2D eigenvalue weighted by Crippen LogP contribution is -2.47. The van der Waals surface area contributed by atoms with Gasteiger partial charge in [0.2, 0.25) is 0 Å². The first kappa shape index (κ1) is 20.9. The molecule has 1 heterocycles. The molecule has 1 saturated heterocycles. The van der Waals surface area contributed by atoms with E-state index in [4.69, 9.17) is 32.9 Å². The van der Waals surface area contributed by atoms with Gasteiger partial charge in [0.15, 0.2) is 0 Å². The van der Waals surface area contributed by atoms with E-state index in [2.05, 4.69) is 0 Å². The molecular formula is C14H30O8Si. The molecule has 1 aliphatic rings. The maximum atomic E-state index is 10.4. The number of hydrogen-bond acceptors (Lipinski definition) is 8. The van der Waals surface area contributed by atoms with Crippen LogP contribution in [0.5, 0.6) is 0 Å². The second-order valence-electron chi connectivity index (χ2n) is 5.46. The van der Waals surface area contributed by atoms with Crippen LogP contribution in [0, 0.1) is 0 Å². The highest BCUT2D eigenvalue weighted by Crippen LogP contribution is 2.20. The van der Waals surface area contributed by atoms with Gasteiger partial charge >= 0.3 is 8.80 Å². The number of aliphatic hydroxyl groups is 1. The smallest absolute Gasteiger partial charge is 0.394 e. The predicted molar refractivity (Wildman–Crippen MR) is 84.3 cm³/mol. The van der Waals surface area contributed by atoms with Gasteiger partial charge in [0.1, 0.15) is 6.10 Å². The minimum absolute atomic E-state index is 0.00763. The van der Waals surface area contributed by atoms with Crippen molar-refractivity contribution in [2.24, 2.45) is 0 Å². The summed E-state index contributed by atoms with van der Waals surface area (Å²) in [5.74, 6) is 0. The largest absolute Gasteiger partial charge is 0.501 e. The summed E-state index contributed by atoms with van der Waals surface area (Å²) < 4.78 is 32.8. The van der Waals surface area contributed by atoms with Crippen molar-refractivity contribution in [3.8, 4) is 0 Å². The van der Waals surface area contributed by atoms with Crippen LogP contribution in [0.2, 0.25) is 5.54 Å². The van der Waals surface area contributed by atoms with Gasteiger partial charge in [-0.3, -0.25) is 0 Å². The Balaban J connectivity index is 2.28. The van der Waals surface area contributed by atoms with Crippen molar-refractivity contribution in [1.82, 2.24) is 0 Å². The number of rotatable bonds is 8. The molecule has 2 unspecified atom stereocenters. The van der Waals surface area contributed by atoms with E-state index in [1.807, 2.05) is 13.8 Å². The molecule has 2 N–H and O–H groups in total. The molecule has 23 heavy (non-hydrogen) atoms. The van der Waals surface area contributed by atoms with Crippen molar-refractivity contribution < 1.29 is 37.7 Å². The maximum Gasteiger partial charge on any atom is 0.501 e. The Hall–Kier alpha value is -0.103. The summed E-state index contributed by atoms with van der Waals surface area (Å²) >= 11 is 0. The van der Waals surface area contributed by atoms with Gasteiger partial charge < -0.3 is 37.7 Å². The molecule has 0 radical (unpaired) electrons. The molecule has 138 valence electrons. The number of hydrogen-bond donors (Lipinski definition) is 2. The molecule has 0 spiro atoms. The van der Waals surface area contributed by atoms with Crippen LogP contribution < -0.4 is 0 Å². The van der Waals surface area contributed by atoms with Gasteiger partial charge in [-0.25, -0.2) is 0 Å². The summed E-state index contributed by atoms with van der Waals surface area (Å²) in [5, 5.41) is 8.59. The van der Waals surface area contributed by atoms with Crippen molar-refractivity contribution in [3.63, 3.8) is 0 Å². The van der Waals surface area contributed by atoms with Crippen LogP contribution in [0.4, 0.5) is 0 Å². The van der Waals surface area contributed by atoms with Crippen LogP contribution in [0.25, 0.3) is 0 Å². The van der Waals surface area contributed by atoms with Crippen LogP contribution in [0.3, 0.4) is 0 Å². The maximum absolute atomic E-state index is 10.4. The highest BCUT2D eigenvalue weighted by molar-refractivity contribution is 6.60. The van der Waals surface area contributed by atoms with E-state index in [0.717, 1.165) is 0 Å². The first-order valence-corrected chi connectivity index (χ1v) is 9.88. The summed E-state index contributed by atoms with van der Waals surface area (Å²) in [6.45, 7) is 6.98. The van der Waals surface area contributed by atoms with Crippen molar-refractivity contribution in [2.45, 2.75) is 25.5 Å². The van der Waals surface area contributed by atoms with Crippen LogP contribution >= 0.6 is 0 Å². The summed E-state index contributed by atoms with van der Waals surface area (Å²) in [7, 11) is -3.17. The van der Waals surface area contributed by atoms with Crippen molar-refractivity contribution in [2.75, 3.05) is 66.1 Å². The molecule has 0 saturated carbocycles. The highest BCUT2D eigenvalue weighted by Gasteiger charge is 2.41. The fourth-order valence-electron chi connectivity index (χ4n) is 1.88. The monoisotopic (exact) mass is 354 g/mol. The highest BCUT2D eigenvalue weighted by atomic mass is 28.4. The van der Waals surface area contributed by atoms with Gasteiger partial charge in [0.25, 0.3) is 0 Å². The first-order valence-electron chi connectivity index (χ1n) is 8.04. The zero-order chi connectivity index (χ0) is 17.0. The van der Waals surface area contributed by atoms with Gasteiger partial charge in [0, 0.05) is 5.54 Å². The summed E-state index contributed by atoms with van der Waals surface area (Å²) in [5.41, 5.74) is -0.0682. The minimum atomic E-state index is -3.17. The molecule has 0 aromatic heterocycles. The Morgan fingerprint density at radius 2 is 1.74 bits per heavy atom. The lowest BCUT2D eigenvalue weighted by atomic mass is 10.4. The van der Waals surface area contributed by atoms with E-state index in [1.54, 1.807) is 0 Å². The standard InChI is InChI=1S/C14H30O8Si/c1-13(2)23(16)21-9-7-19-12-14(20-8-10-22-23)11-18-6-5-17-4-3-15/h13-16H,3-12H2,1-2H3. The zero-order valence-corrected chi connectivity index (χ0v) is 15.1. The lowest BCUT2D eigenvalue weighted by Gasteiger charge is -2.27. The molecular weight excluding hydrogens is 324 g/mol. The average Bonchev–Trinajstić information content (AvgIpc) is 2.56. The summed E-state index contributed by atoms with van der Waals surface area (Å²) in [6, 6.07) is 0. The Morgan fingerprint density at radius 3 is 2.43 bits per heavy atom. The van der Waals surface area contributed by atoms with E-state index >= 15 is 0 Å². The molecule has 9 heteroatoms. The zero-order valence-electron chi connectivity index (χ0n) is 14.1. The predicted octanol–water partition coefficient (Wildman–Crippen LogP) is -0.198. The van der Waals surface area contributed by atoms with Crippen molar-refractivity contribution in [3.05, 3.63) is 0 Å². The van der Waals surface area contributed by atoms with Crippen LogP contribution in [-0.4, -0.2) is 90.9 Å². The molecule has 2 atom stereocenters. The quantitative estimate of drug-likeness (QED) is 0.457. The third-order valence-electron chi connectivity index (χ3n) is 3.23. The number of ether oxygens (including phenoxy) is 4. The minimum Gasteiger partial charge on any atom is -0.394 e. The molecule has 1 rings (SSSR count).